The van der Waals surface area contributed by atoms with Crippen molar-refractivity contribution >= 4 is 17.3 Å². The van der Waals surface area contributed by atoms with Crippen molar-refractivity contribution in [1.82, 2.24) is 0 Å². The zero-order valence-corrected chi connectivity index (χ0v) is 16.0. The number of aryl methyl sites for hydroxylation is 1. The van der Waals surface area contributed by atoms with Gasteiger partial charge in [0.2, 0.25) is 0 Å². The highest BCUT2D eigenvalue weighted by molar-refractivity contribution is 6.31. The maximum Gasteiger partial charge on any atom is 0.163 e. The van der Waals surface area contributed by atoms with Gasteiger partial charge >= 0.3 is 0 Å². The molecule has 3 aromatic rings. The maximum atomic E-state index is 13.0. The molecule has 0 amide bonds. The second kappa shape index (κ2) is 8.78. The Morgan fingerprint density at radius 3 is 2.33 bits per heavy atom. The second-order valence-electron chi connectivity index (χ2n) is 6.23. The van der Waals surface area contributed by atoms with Gasteiger partial charge in [0.25, 0.3) is 0 Å². The standard InChI is InChI=1S/C22H21ClFNO2/c1-15-3-5-16(6-4-15)14-27-22-12-20(23)17(11-21(22)26-2)13-25-19-9-7-18(24)8-10-19/h3-12,25H,13-14H2,1-2H3. The largest absolute Gasteiger partial charge is 0.493 e. The van der Waals surface area contributed by atoms with Gasteiger partial charge in [-0.05, 0) is 48.4 Å². The van der Waals surface area contributed by atoms with Crippen molar-refractivity contribution in [3.8, 4) is 11.5 Å². The zero-order chi connectivity index (χ0) is 19.2. The molecular weight excluding hydrogens is 365 g/mol. The summed E-state index contributed by atoms with van der Waals surface area (Å²) in [6.45, 7) is 2.96. The first-order valence-electron chi connectivity index (χ1n) is 8.59. The van der Waals surface area contributed by atoms with Crippen molar-refractivity contribution in [3.63, 3.8) is 0 Å². The van der Waals surface area contributed by atoms with Crippen LogP contribution in [0.2, 0.25) is 5.02 Å². The SMILES string of the molecule is COc1cc(CNc2ccc(F)cc2)c(Cl)cc1OCc1ccc(C)cc1. The lowest BCUT2D eigenvalue weighted by atomic mass is 10.1. The molecule has 0 atom stereocenters. The van der Waals surface area contributed by atoms with Crippen molar-refractivity contribution < 1.29 is 13.9 Å². The van der Waals surface area contributed by atoms with Gasteiger partial charge in [0.05, 0.1) is 7.11 Å². The summed E-state index contributed by atoms with van der Waals surface area (Å²) in [5.41, 5.74) is 3.95. The van der Waals surface area contributed by atoms with Gasteiger partial charge in [-0.25, -0.2) is 4.39 Å². The molecular formula is C22H21ClFNO2. The van der Waals surface area contributed by atoms with Crippen LogP contribution in [-0.2, 0) is 13.2 Å². The van der Waals surface area contributed by atoms with Crippen LogP contribution in [0.4, 0.5) is 10.1 Å². The molecule has 0 saturated carbocycles. The number of benzene rings is 3. The summed E-state index contributed by atoms with van der Waals surface area (Å²) < 4.78 is 24.3. The predicted molar refractivity (Wildman–Crippen MR) is 107 cm³/mol. The zero-order valence-electron chi connectivity index (χ0n) is 15.3. The summed E-state index contributed by atoms with van der Waals surface area (Å²) in [5.74, 6) is 0.936. The molecule has 0 aliphatic rings. The Bertz CT molecular complexity index is 895. The lowest BCUT2D eigenvalue weighted by Gasteiger charge is -2.15. The number of anilines is 1. The van der Waals surface area contributed by atoms with E-state index in [-0.39, 0.29) is 5.82 Å². The van der Waals surface area contributed by atoms with Gasteiger partial charge in [-0.15, -0.1) is 0 Å². The lowest BCUT2D eigenvalue weighted by Crippen LogP contribution is -2.03. The normalized spacial score (nSPS) is 10.5. The molecule has 0 bridgehead atoms. The van der Waals surface area contributed by atoms with Crippen LogP contribution in [0.25, 0.3) is 0 Å². The molecule has 0 aliphatic carbocycles. The topological polar surface area (TPSA) is 30.5 Å². The Morgan fingerprint density at radius 2 is 1.67 bits per heavy atom. The summed E-state index contributed by atoms with van der Waals surface area (Å²) in [6, 6.07) is 18.0. The molecule has 0 unspecified atom stereocenters. The maximum absolute atomic E-state index is 13.0. The average molecular weight is 386 g/mol. The van der Waals surface area contributed by atoms with Crippen LogP contribution in [0.1, 0.15) is 16.7 Å². The van der Waals surface area contributed by atoms with E-state index < -0.39 is 0 Å². The van der Waals surface area contributed by atoms with E-state index in [1.165, 1.54) is 17.7 Å². The van der Waals surface area contributed by atoms with Gasteiger partial charge in [0.15, 0.2) is 11.5 Å². The van der Waals surface area contributed by atoms with Crippen LogP contribution in [0.3, 0.4) is 0 Å². The Morgan fingerprint density at radius 1 is 0.963 bits per heavy atom. The number of rotatable bonds is 7. The van der Waals surface area contributed by atoms with Crippen LogP contribution in [-0.4, -0.2) is 7.11 Å². The lowest BCUT2D eigenvalue weighted by molar-refractivity contribution is 0.284. The fourth-order valence-electron chi connectivity index (χ4n) is 2.60. The first-order valence-corrected chi connectivity index (χ1v) is 8.97. The Hall–Kier alpha value is -2.72. The summed E-state index contributed by atoms with van der Waals surface area (Å²) >= 11 is 6.42. The highest BCUT2D eigenvalue weighted by Gasteiger charge is 2.11. The molecule has 5 heteroatoms. The number of nitrogens with one attached hydrogen (secondary N) is 1. The van der Waals surface area contributed by atoms with Crippen molar-refractivity contribution in [2.24, 2.45) is 0 Å². The monoisotopic (exact) mass is 385 g/mol. The molecule has 0 saturated heterocycles. The second-order valence-corrected chi connectivity index (χ2v) is 6.64. The van der Waals surface area contributed by atoms with Gasteiger partial charge in [0.1, 0.15) is 12.4 Å². The van der Waals surface area contributed by atoms with E-state index >= 15 is 0 Å². The third-order valence-electron chi connectivity index (χ3n) is 4.17. The quantitative estimate of drug-likeness (QED) is 0.542. The molecule has 140 valence electrons. The van der Waals surface area contributed by atoms with Crippen molar-refractivity contribution in [2.45, 2.75) is 20.1 Å². The Labute approximate surface area is 163 Å². The van der Waals surface area contributed by atoms with E-state index in [1.807, 2.05) is 37.3 Å². The van der Waals surface area contributed by atoms with E-state index in [1.54, 1.807) is 25.3 Å². The molecule has 0 radical (unpaired) electrons. The molecule has 1 N–H and O–H groups in total. The van der Waals surface area contributed by atoms with Gasteiger partial charge < -0.3 is 14.8 Å². The smallest absolute Gasteiger partial charge is 0.163 e. The van der Waals surface area contributed by atoms with Crippen LogP contribution in [0.5, 0.6) is 11.5 Å². The number of hydrogen-bond donors (Lipinski definition) is 1. The average Bonchev–Trinajstić information content (AvgIpc) is 2.68. The van der Waals surface area contributed by atoms with Crippen LogP contribution < -0.4 is 14.8 Å². The number of methoxy groups -OCH3 is 1. The first kappa shape index (κ1) is 19.1. The minimum Gasteiger partial charge on any atom is -0.493 e. The molecule has 0 fully saturated rings. The highest BCUT2D eigenvalue weighted by Crippen LogP contribution is 2.34. The summed E-state index contributed by atoms with van der Waals surface area (Å²) in [7, 11) is 1.60. The molecule has 0 aromatic heterocycles. The third-order valence-corrected chi connectivity index (χ3v) is 4.53. The molecule has 0 spiro atoms. The van der Waals surface area contributed by atoms with Crippen molar-refractivity contribution in [2.75, 3.05) is 12.4 Å². The molecule has 3 nitrogen and oxygen atoms in total. The van der Waals surface area contributed by atoms with Crippen LogP contribution in [0, 0.1) is 12.7 Å². The van der Waals surface area contributed by atoms with Gasteiger partial charge in [0, 0.05) is 23.3 Å². The summed E-state index contributed by atoms with van der Waals surface area (Å²) in [6.07, 6.45) is 0. The molecule has 27 heavy (non-hydrogen) atoms. The minimum atomic E-state index is -0.268. The van der Waals surface area contributed by atoms with Gasteiger partial charge in [-0.2, -0.15) is 0 Å². The highest BCUT2D eigenvalue weighted by atomic mass is 35.5. The van der Waals surface area contributed by atoms with E-state index in [9.17, 15) is 4.39 Å². The van der Waals surface area contributed by atoms with Gasteiger partial charge in [-0.1, -0.05) is 41.4 Å². The van der Waals surface area contributed by atoms with Crippen LogP contribution in [0.15, 0.2) is 60.7 Å². The minimum absolute atomic E-state index is 0.268. The first-order chi connectivity index (χ1) is 13.0. The van der Waals surface area contributed by atoms with Crippen molar-refractivity contribution in [1.29, 1.82) is 0 Å². The van der Waals surface area contributed by atoms with E-state index in [4.69, 9.17) is 21.1 Å². The molecule has 3 rings (SSSR count). The molecule has 0 heterocycles. The van der Waals surface area contributed by atoms with Crippen LogP contribution >= 0.6 is 11.6 Å². The number of halogens is 2. The third kappa shape index (κ3) is 5.14. The molecule has 0 aliphatic heterocycles. The van der Waals surface area contributed by atoms with E-state index in [0.29, 0.717) is 29.7 Å². The number of ether oxygens (including phenoxy) is 2. The molecule has 3 aromatic carbocycles. The fourth-order valence-corrected chi connectivity index (χ4v) is 2.82. The van der Waals surface area contributed by atoms with E-state index in [2.05, 4.69) is 5.32 Å². The Kier molecular flexibility index (Phi) is 6.20. The predicted octanol–water partition coefficient (Wildman–Crippen LogP) is 5.99. The van der Waals surface area contributed by atoms with Gasteiger partial charge in [-0.3, -0.25) is 0 Å². The van der Waals surface area contributed by atoms with Crippen molar-refractivity contribution in [3.05, 3.63) is 88.2 Å². The Balaban J connectivity index is 1.70. The summed E-state index contributed by atoms with van der Waals surface area (Å²) in [5, 5.41) is 3.79. The fraction of sp³-hybridized carbons (Fsp3) is 0.182. The number of hydrogen-bond acceptors (Lipinski definition) is 3. The van der Waals surface area contributed by atoms with E-state index in [0.717, 1.165) is 16.8 Å². The summed E-state index contributed by atoms with van der Waals surface area (Å²) in [4.78, 5) is 0.